The van der Waals surface area contributed by atoms with Crippen molar-refractivity contribution in [3.8, 4) is 11.4 Å². The number of anilines is 2. The van der Waals surface area contributed by atoms with Gasteiger partial charge in [0.1, 0.15) is 0 Å². The molecular weight excluding hydrogens is 356 g/mol. The van der Waals surface area contributed by atoms with Crippen molar-refractivity contribution in [2.24, 2.45) is 0 Å². The van der Waals surface area contributed by atoms with Crippen molar-refractivity contribution in [1.82, 2.24) is 25.9 Å². The lowest BCUT2D eigenvalue weighted by atomic mass is 9.96. The zero-order valence-corrected chi connectivity index (χ0v) is 15.6. The molecule has 4 heterocycles. The van der Waals surface area contributed by atoms with Gasteiger partial charge in [-0.3, -0.25) is 0 Å². The van der Waals surface area contributed by atoms with Crippen LogP contribution in [0.5, 0.6) is 0 Å². The van der Waals surface area contributed by atoms with Crippen molar-refractivity contribution < 1.29 is 0 Å². The number of H-pyrrole nitrogens is 1. The van der Waals surface area contributed by atoms with E-state index in [1.807, 2.05) is 11.8 Å². The molecule has 0 spiro atoms. The van der Waals surface area contributed by atoms with Crippen LogP contribution >= 0.6 is 11.8 Å². The lowest BCUT2D eigenvalue weighted by Gasteiger charge is -2.42. The molecule has 2 aromatic carbocycles. The van der Waals surface area contributed by atoms with Crippen LogP contribution in [0.4, 0.5) is 11.4 Å². The summed E-state index contributed by atoms with van der Waals surface area (Å²) < 4.78 is 0. The molecule has 3 aliphatic heterocycles. The van der Waals surface area contributed by atoms with Gasteiger partial charge in [0.25, 0.3) is 0 Å². The van der Waals surface area contributed by atoms with Gasteiger partial charge in [-0.25, -0.2) is 0 Å². The Morgan fingerprint density at radius 1 is 0.963 bits per heavy atom. The normalized spacial score (nSPS) is 25.9. The number of hydrogen-bond acceptors (Lipinski definition) is 6. The van der Waals surface area contributed by atoms with Crippen molar-refractivity contribution in [2.45, 2.75) is 53.6 Å². The number of nitrogens with one attached hydrogen (secondary N) is 2. The van der Waals surface area contributed by atoms with Gasteiger partial charge in [0.2, 0.25) is 5.82 Å². The minimum atomic E-state index is 0.542. The molecule has 6 nitrogen and oxygen atoms in total. The molecule has 1 aromatic heterocycles. The summed E-state index contributed by atoms with van der Waals surface area (Å²) in [7, 11) is 0. The van der Waals surface area contributed by atoms with Gasteiger partial charge in [-0.15, -0.1) is 10.2 Å². The maximum absolute atomic E-state index is 4.14. The average Bonchev–Trinajstić information content (AvgIpc) is 3.35. The summed E-state index contributed by atoms with van der Waals surface area (Å²) in [6.07, 6.45) is 5.05. The van der Waals surface area contributed by atoms with E-state index in [9.17, 15) is 0 Å². The van der Waals surface area contributed by atoms with E-state index in [2.05, 4.69) is 73.3 Å². The quantitative estimate of drug-likeness (QED) is 0.710. The summed E-state index contributed by atoms with van der Waals surface area (Å²) in [6.45, 7) is 0. The van der Waals surface area contributed by atoms with Crippen LogP contribution in [0.1, 0.15) is 25.7 Å². The largest absolute Gasteiger partial charge is 0.336 e. The fourth-order valence-electron chi connectivity index (χ4n) is 4.84. The highest BCUT2D eigenvalue weighted by Crippen LogP contribution is 2.51. The lowest BCUT2D eigenvalue weighted by molar-refractivity contribution is 0.359. The molecule has 0 aliphatic carbocycles. The maximum atomic E-state index is 4.14. The molecule has 0 radical (unpaired) electrons. The van der Waals surface area contributed by atoms with E-state index in [0.29, 0.717) is 23.9 Å². The number of rotatable bonds is 2. The first-order valence-corrected chi connectivity index (χ1v) is 10.4. The van der Waals surface area contributed by atoms with Crippen LogP contribution in [0, 0.1) is 0 Å². The van der Waals surface area contributed by atoms with E-state index < -0.39 is 0 Å². The van der Waals surface area contributed by atoms with Gasteiger partial charge in [0.15, 0.2) is 0 Å². The summed E-state index contributed by atoms with van der Waals surface area (Å²) in [5.41, 5.74) is 3.64. The summed E-state index contributed by atoms with van der Waals surface area (Å²) in [5, 5.41) is 18.3. The highest BCUT2D eigenvalue weighted by molar-refractivity contribution is 7.99. The highest BCUT2D eigenvalue weighted by Gasteiger charge is 2.39. The summed E-state index contributed by atoms with van der Waals surface area (Å²) in [6, 6.07) is 17.2. The summed E-state index contributed by atoms with van der Waals surface area (Å²) in [5.74, 6) is 0.642. The Hall–Kier alpha value is -2.38. The molecule has 0 amide bonds. The molecule has 2 bridgehead atoms. The number of aromatic amines is 1. The van der Waals surface area contributed by atoms with Crippen molar-refractivity contribution in [3.63, 3.8) is 0 Å². The second-order valence-corrected chi connectivity index (χ2v) is 8.70. The predicted molar refractivity (Wildman–Crippen MR) is 105 cm³/mol. The minimum absolute atomic E-state index is 0.542. The molecule has 3 aliphatic rings. The SMILES string of the molecule is c1ccc2c(c1)Sc1cc(-c3nn[nH]n3)ccc1N2C1CC2CCC(C1)N2. The Morgan fingerprint density at radius 2 is 1.78 bits per heavy atom. The van der Waals surface area contributed by atoms with Gasteiger partial charge < -0.3 is 10.2 Å². The molecule has 0 saturated carbocycles. The standard InChI is InChI=1S/C20H20N6S/c1-2-4-18-16(3-1)26(15-10-13-6-7-14(11-15)21-13)17-8-5-12(9-19(17)27-18)20-22-24-25-23-20/h1-5,8-9,13-15,21H,6-7,10-11H2,(H,22,23,24,25). The summed E-state index contributed by atoms with van der Waals surface area (Å²) in [4.78, 5) is 5.18. The van der Waals surface area contributed by atoms with Crippen molar-refractivity contribution in [3.05, 3.63) is 42.5 Å². The van der Waals surface area contributed by atoms with Crippen LogP contribution in [-0.4, -0.2) is 38.7 Å². The lowest BCUT2D eigenvalue weighted by Crippen LogP contribution is -2.47. The molecule has 2 fully saturated rings. The van der Waals surface area contributed by atoms with Crippen LogP contribution in [0.3, 0.4) is 0 Å². The van der Waals surface area contributed by atoms with Gasteiger partial charge in [0, 0.05) is 33.5 Å². The Labute approximate surface area is 161 Å². The Kier molecular flexibility index (Phi) is 3.52. The third kappa shape index (κ3) is 2.56. The predicted octanol–water partition coefficient (Wildman–Crippen LogP) is 3.75. The third-order valence-electron chi connectivity index (χ3n) is 5.98. The molecule has 136 valence electrons. The number of piperidine rings is 1. The smallest absolute Gasteiger partial charge is 0.204 e. The Balaban J connectivity index is 1.46. The first-order valence-electron chi connectivity index (χ1n) is 9.55. The molecule has 2 atom stereocenters. The number of nitrogens with zero attached hydrogens (tertiary/aromatic N) is 4. The first kappa shape index (κ1) is 15.7. The zero-order chi connectivity index (χ0) is 17.8. The van der Waals surface area contributed by atoms with E-state index in [4.69, 9.17) is 0 Å². The number of benzene rings is 2. The molecule has 6 rings (SSSR count). The van der Waals surface area contributed by atoms with Crippen LogP contribution in [0.15, 0.2) is 52.3 Å². The summed E-state index contributed by atoms with van der Waals surface area (Å²) >= 11 is 1.84. The van der Waals surface area contributed by atoms with E-state index in [-0.39, 0.29) is 0 Å². The van der Waals surface area contributed by atoms with E-state index in [1.165, 1.54) is 46.8 Å². The van der Waals surface area contributed by atoms with Gasteiger partial charge in [-0.05, 0) is 61.2 Å². The maximum Gasteiger partial charge on any atom is 0.204 e. The van der Waals surface area contributed by atoms with Gasteiger partial charge >= 0.3 is 0 Å². The Bertz CT molecular complexity index is 976. The number of para-hydroxylation sites is 1. The molecule has 3 aromatic rings. The number of hydrogen-bond donors (Lipinski definition) is 2. The minimum Gasteiger partial charge on any atom is -0.336 e. The van der Waals surface area contributed by atoms with Gasteiger partial charge in [-0.1, -0.05) is 23.9 Å². The van der Waals surface area contributed by atoms with E-state index >= 15 is 0 Å². The fourth-order valence-corrected chi connectivity index (χ4v) is 5.95. The molecule has 2 saturated heterocycles. The van der Waals surface area contributed by atoms with Crippen LogP contribution in [0.25, 0.3) is 11.4 Å². The van der Waals surface area contributed by atoms with E-state index in [1.54, 1.807) is 0 Å². The zero-order valence-electron chi connectivity index (χ0n) is 14.8. The third-order valence-corrected chi connectivity index (χ3v) is 7.09. The van der Waals surface area contributed by atoms with Crippen LogP contribution in [0.2, 0.25) is 0 Å². The monoisotopic (exact) mass is 376 g/mol. The van der Waals surface area contributed by atoms with Crippen LogP contribution < -0.4 is 10.2 Å². The topological polar surface area (TPSA) is 69.7 Å². The van der Waals surface area contributed by atoms with Gasteiger partial charge in [0.05, 0.1) is 11.4 Å². The molecule has 2 N–H and O–H groups in total. The number of tetrazole rings is 1. The molecule has 7 heteroatoms. The number of fused-ring (bicyclic) bond motifs is 4. The van der Waals surface area contributed by atoms with Crippen LogP contribution in [-0.2, 0) is 0 Å². The second-order valence-electron chi connectivity index (χ2n) is 7.62. The van der Waals surface area contributed by atoms with Crippen molar-refractivity contribution >= 4 is 23.1 Å². The second kappa shape index (κ2) is 6.07. The molecule has 27 heavy (non-hydrogen) atoms. The van der Waals surface area contributed by atoms with E-state index in [0.717, 1.165) is 5.56 Å². The average molecular weight is 376 g/mol. The van der Waals surface area contributed by atoms with Gasteiger partial charge in [-0.2, -0.15) is 5.21 Å². The van der Waals surface area contributed by atoms with Crippen molar-refractivity contribution in [2.75, 3.05) is 4.90 Å². The number of aromatic nitrogens is 4. The highest BCUT2D eigenvalue weighted by atomic mass is 32.2. The van der Waals surface area contributed by atoms with Crippen molar-refractivity contribution in [1.29, 1.82) is 0 Å². The Morgan fingerprint density at radius 3 is 2.59 bits per heavy atom. The fraction of sp³-hybridized carbons (Fsp3) is 0.350. The molecule has 2 unspecified atom stereocenters. The first-order chi connectivity index (χ1) is 13.3. The molecular formula is C20H20N6S.